The molecule has 0 fully saturated rings. The molecule has 0 atom stereocenters. The molecule has 0 aliphatic carbocycles. The van der Waals surface area contributed by atoms with E-state index in [0.717, 1.165) is 0 Å². The molecular weight excluding hydrogens is 570 g/mol. The van der Waals surface area contributed by atoms with Gasteiger partial charge in [0.05, 0.1) is 15.2 Å². The summed E-state index contributed by atoms with van der Waals surface area (Å²) in [5.41, 5.74) is 4.03. The predicted molar refractivity (Wildman–Crippen MR) is 134 cm³/mol. The summed E-state index contributed by atoms with van der Waals surface area (Å²) in [6.45, 7) is 0.124. The lowest BCUT2D eigenvalue weighted by Crippen LogP contribution is -2.32. The molecule has 1 aliphatic rings. The van der Waals surface area contributed by atoms with Gasteiger partial charge >= 0.3 is 0 Å². The normalized spacial score (nSPS) is 12.6. The Balaban J connectivity index is 1.56. The summed E-state index contributed by atoms with van der Waals surface area (Å²) in [6, 6.07) is 17.0. The highest BCUT2D eigenvalue weighted by Crippen LogP contribution is 2.33. The first-order valence-corrected chi connectivity index (χ1v) is 11.5. The summed E-state index contributed by atoms with van der Waals surface area (Å²) in [7, 11) is 0. The summed E-state index contributed by atoms with van der Waals surface area (Å²) in [5, 5.41) is 16.4. The van der Waals surface area contributed by atoms with Crippen molar-refractivity contribution in [3.8, 4) is 17.2 Å². The van der Waals surface area contributed by atoms with Gasteiger partial charge in [-0.25, -0.2) is 5.43 Å². The molecule has 2 amide bonds. The van der Waals surface area contributed by atoms with E-state index in [0.29, 0.717) is 37.1 Å². The minimum Gasteiger partial charge on any atom is -0.506 e. The molecule has 3 N–H and O–H groups in total. The number of nitrogens with one attached hydrogen (secondary N) is 2. The number of phenols is 1. The number of nitrogens with zero attached hydrogens (tertiary/aromatic N) is 1. The van der Waals surface area contributed by atoms with E-state index in [2.05, 4.69) is 47.7 Å². The minimum atomic E-state index is -0.630. The maximum atomic E-state index is 12.9. The quantitative estimate of drug-likeness (QED) is 0.223. The Bertz CT molecular complexity index is 1290. The van der Waals surface area contributed by atoms with Crippen LogP contribution in [-0.2, 0) is 4.79 Å². The Morgan fingerprint density at radius 2 is 1.65 bits per heavy atom. The van der Waals surface area contributed by atoms with E-state index in [1.165, 1.54) is 12.3 Å². The SMILES string of the molecule is O=C(N/N=C\c1cc(Br)c(O)c(Br)c1)/C(=C\c1ccc2c(c1)OCO2)NC(=O)c1ccccc1. The molecule has 0 unspecified atom stereocenters. The van der Waals surface area contributed by atoms with E-state index in [1.807, 2.05) is 0 Å². The lowest BCUT2D eigenvalue weighted by Gasteiger charge is -2.09. The second-order valence-corrected chi connectivity index (χ2v) is 8.73. The summed E-state index contributed by atoms with van der Waals surface area (Å²) in [5.74, 6) is 0.128. The number of hydrogen-bond donors (Lipinski definition) is 3. The molecule has 0 saturated heterocycles. The van der Waals surface area contributed by atoms with Crippen LogP contribution in [0.15, 0.2) is 80.4 Å². The van der Waals surface area contributed by atoms with Crippen LogP contribution in [0, 0.1) is 0 Å². The van der Waals surface area contributed by atoms with Gasteiger partial charge in [-0.1, -0.05) is 24.3 Å². The third kappa shape index (κ3) is 5.64. The molecular formula is C24H17Br2N3O5. The molecule has 0 saturated carbocycles. The van der Waals surface area contributed by atoms with E-state index in [9.17, 15) is 14.7 Å². The first-order chi connectivity index (χ1) is 16.4. The molecule has 4 rings (SSSR count). The first kappa shape index (κ1) is 23.5. The van der Waals surface area contributed by atoms with Crippen LogP contribution >= 0.6 is 31.9 Å². The Morgan fingerprint density at radius 3 is 2.38 bits per heavy atom. The van der Waals surface area contributed by atoms with Gasteiger partial charge in [0.15, 0.2) is 11.5 Å². The average molecular weight is 587 g/mol. The molecule has 0 bridgehead atoms. The van der Waals surface area contributed by atoms with Crippen LogP contribution in [0.4, 0.5) is 0 Å². The third-order valence-corrected chi connectivity index (χ3v) is 5.86. The zero-order valence-electron chi connectivity index (χ0n) is 17.4. The number of aromatic hydroxyl groups is 1. The second kappa shape index (κ2) is 10.5. The van der Waals surface area contributed by atoms with Crippen molar-refractivity contribution in [2.24, 2.45) is 5.10 Å². The Morgan fingerprint density at radius 1 is 0.941 bits per heavy atom. The number of phenolic OH excluding ortho intramolecular Hbond substituents is 1. The second-order valence-electron chi connectivity index (χ2n) is 7.02. The standard InChI is InChI=1S/C24H17Br2N3O5/c25-17-8-15(9-18(26)22(17)30)12-27-29-24(32)19(28-23(31)16-4-2-1-3-5-16)10-14-6-7-20-21(11-14)34-13-33-20/h1-12,30H,13H2,(H,28,31)(H,29,32)/b19-10+,27-12-. The molecule has 3 aromatic carbocycles. The van der Waals surface area contributed by atoms with Gasteiger partial charge in [0.1, 0.15) is 11.4 Å². The number of fused-ring (bicyclic) bond motifs is 1. The number of amides is 2. The number of hydrogen-bond acceptors (Lipinski definition) is 6. The summed E-state index contributed by atoms with van der Waals surface area (Å²) >= 11 is 6.49. The highest BCUT2D eigenvalue weighted by Gasteiger charge is 2.17. The molecule has 34 heavy (non-hydrogen) atoms. The fraction of sp³-hybridized carbons (Fsp3) is 0.0417. The van der Waals surface area contributed by atoms with Gasteiger partial charge in [0.2, 0.25) is 6.79 Å². The predicted octanol–water partition coefficient (Wildman–Crippen LogP) is 4.57. The van der Waals surface area contributed by atoms with Gasteiger partial charge in [0.25, 0.3) is 11.8 Å². The molecule has 172 valence electrons. The van der Waals surface area contributed by atoms with Gasteiger partial charge in [-0.05, 0) is 85.5 Å². The van der Waals surface area contributed by atoms with E-state index in [4.69, 9.17) is 9.47 Å². The molecule has 1 heterocycles. The van der Waals surface area contributed by atoms with Crippen LogP contribution in [0.25, 0.3) is 6.08 Å². The average Bonchev–Trinajstić information content (AvgIpc) is 3.30. The summed E-state index contributed by atoms with van der Waals surface area (Å²) < 4.78 is 11.6. The van der Waals surface area contributed by atoms with Crippen LogP contribution < -0.4 is 20.2 Å². The van der Waals surface area contributed by atoms with Crippen molar-refractivity contribution in [3.05, 3.63) is 92.0 Å². The summed E-state index contributed by atoms with van der Waals surface area (Å²) in [4.78, 5) is 25.6. The third-order valence-electron chi connectivity index (χ3n) is 4.66. The molecule has 0 radical (unpaired) electrons. The van der Waals surface area contributed by atoms with Crippen LogP contribution in [-0.4, -0.2) is 29.9 Å². The zero-order valence-corrected chi connectivity index (χ0v) is 20.6. The van der Waals surface area contributed by atoms with Crippen LogP contribution in [0.3, 0.4) is 0 Å². The van der Waals surface area contributed by atoms with Crippen molar-refractivity contribution in [3.63, 3.8) is 0 Å². The highest BCUT2D eigenvalue weighted by molar-refractivity contribution is 9.11. The van der Waals surface area contributed by atoms with Crippen molar-refractivity contribution in [2.45, 2.75) is 0 Å². The van der Waals surface area contributed by atoms with Gasteiger partial charge in [-0.3, -0.25) is 9.59 Å². The molecule has 0 aromatic heterocycles. The van der Waals surface area contributed by atoms with E-state index in [1.54, 1.807) is 60.7 Å². The van der Waals surface area contributed by atoms with Crippen LogP contribution in [0.1, 0.15) is 21.5 Å². The van der Waals surface area contributed by atoms with Crippen molar-refractivity contribution >= 4 is 56.0 Å². The maximum Gasteiger partial charge on any atom is 0.287 e. The maximum absolute atomic E-state index is 12.9. The molecule has 10 heteroatoms. The van der Waals surface area contributed by atoms with E-state index in [-0.39, 0.29) is 18.2 Å². The Labute approximate surface area is 211 Å². The number of benzene rings is 3. The first-order valence-electron chi connectivity index (χ1n) is 9.90. The summed E-state index contributed by atoms with van der Waals surface area (Å²) in [6.07, 6.45) is 2.92. The largest absolute Gasteiger partial charge is 0.506 e. The van der Waals surface area contributed by atoms with Crippen LogP contribution in [0.5, 0.6) is 17.2 Å². The highest BCUT2D eigenvalue weighted by atomic mass is 79.9. The van der Waals surface area contributed by atoms with Gasteiger partial charge in [-0.15, -0.1) is 0 Å². The molecule has 1 aliphatic heterocycles. The van der Waals surface area contributed by atoms with Crippen molar-refractivity contribution in [1.82, 2.24) is 10.7 Å². The van der Waals surface area contributed by atoms with Gasteiger partial charge in [-0.2, -0.15) is 5.10 Å². The van der Waals surface area contributed by atoms with Crippen molar-refractivity contribution in [2.75, 3.05) is 6.79 Å². The fourth-order valence-corrected chi connectivity index (χ4v) is 4.22. The monoisotopic (exact) mass is 585 g/mol. The molecule has 3 aromatic rings. The number of rotatable bonds is 6. The fourth-order valence-electron chi connectivity index (χ4n) is 3.00. The van der Waals surface area contributed by atoms with E-state index >= 15 is 0 Å². The van der Waals surface area contributed by atoms with Crippen molar-refractivity contribution < 1.29 is 24.2 Å². The number of halogens is 2. The smallest absolute Gasteiger partial charge is 0.287 e. The lowest BCUT2D eigenvalue weighted by atomic mass is 10.1. The Hall–Kier alpha value is -3.63. The van der Waals surface area contributed by atoms with Crippen molar-refractivity contribution in [1.29, 1.82) is 0 Å². The molecule has 8 nitrogen and oxygen atoms in total. The number of carbonyl (C=O) groups excluding carboxylic acids is 2. The zero-order chi connectivity index (χ0) is 24.1. The van der Waals surface area contributed by atoms with Gasteiger partial charge in [0, 0.05) is 5.56 Å². The number of ether oxygens (including phenoxy) is 2. The molecule has 0 spiro atoms. The Kier molecular flexibility index (Phi) is 7.29. The lowest BCUT2D eigenvalue weighted by molar-refractivity contribution is -0.117. The van der Waals surface area contributed by atoms with Gasteiger partial charge < -0.3 is 19.9 Å². The number of hydrazone groups is 1. The topological polar surface area (TPSA) is 109 Å². The minimum absolute atomic E-state index is 0.0158. The van der Waals surface area contributed by atoms with E-state index < -0.39 is 11.8 Å². The number of carbonyl (C=O) groups is 2. The van der Waals surface area contributed by atoms with Crippen LogP contribution in [0.2, 0.25) is 0 Å².